The van der Waals surface area contributed by atoms with Crippen molar-refractivity contribution in [2.45, 2.75) is 38.0 Å². The lowest BCUT2D eigenvalue weighted by Gasteiger charge is -2.28. The highest BCUT2D eigenvalue weighted by molar-refractivity contribution is 7.10. The maximum Gasteiger partial charge on any atom is 0.313 e. The average Bonchev–Trinajstić information content (AvgIpc) is 3.33. The van der Waals surface area contributed by atoms with Crippen molar-refractivity contribution in [3.63, 3.8) is 0 Å². The summed E-state index contributed by atoms with van der Waals surface area (Å²) in [5.41, 5.74) is 0.663. The van der Waals surface area contributed by atoms with E-state index < -0.39 is 16.7 Å². The first kappa shape index (κ1) is 19.0. The fourth-order valence-electron chi connectivity index (χ4n) is 3.51. The van der Waals surface area contributed by atoms with Crippen LogP contribution in [-0.2, 0) is 15.0 Å². The largest absolute Gasteiger partial charge is 0.347 e. The number of aryl methyl sites for hydroxylation is 1. The van der Waals surface area contributed by atoms with E-state index in [-0.39, 0.29) is 16.8 Å². The first-order chi connectivity index (χ1) is 12.9. The molecule has 1 aliphatic carbocycles. The van der Waals surface area contributed by atoms with Gasteiger partial charge in [-0.2, -0.15) is 0 Å². The van der Waals surface area contributed by atoms with Crippen LogP contribution < -0.4 is 10.6 Å². The summed E-state index contributed by atoms with van der Waals surface area (Å²) in [5.74, 6) is -1.55. The number of anilines is 1. The maximum absolute atomic E-state index is 12.3. The standard InChI is InChI=1S/C19H21N3O4S/c1-13-6-7-14(22(25)26)11-15(13)21-18(24)17(23)20-12-19(8-2-3-9-19)16-5-4-10-27-16/h4-7,10-11H,2-3,8-9,12H2,1H3,(H,20,23)(H,21,24). The minimum absolute atomic E-state index is 0.106. The SMILES string of the molecule is Cc1ccc([N+](=O)[O-])cc1NC(=O)C(=O)NCC1(c2cccs2)CCCC1. The molecule has 1 saturated carbocycles. The molecule has 8 heteroatoms. The van der Waals surface area contributed by atoms with E-state index in [9.17, 15) is 19.7 Å². The number of carbonyl (C=O) groups excluding carboxylic acids is 2. The van der Waals surface area contributed by atoms with Gasteiger partial charge in [0.15, 0.2) is 0 Å². The number of nitro groups is 1. The Morgan fingerprint density at radius 1 is 1.22 bits per heavy atom. The molecule has 2 N–H and O–H groups in total. The molecule has 2 aromatic rings. The monoisotopic (exact) mass is 387 g/mol. The molecule has 0 unspecified atom stereocenters. The summed E-state index contributed by atoms with van der Waals surface area (Å²) in [7, 11) is 0. The number of hydrogen-bond donors (Lipinski definition) is 2. The van der Waals surface area contributed by atoms with E-state index in [0.29, 0.717) is 12.1 Å². The molecule has 27 heavy (non-hydrogen) atoms. The Labute approximate surface area is 160 Å². The quantitative estimate of drug-likeness (QED) is 0.465. The summed E-state index contributed by atoms with van der Waals surface area (Å²) in [6.45, 7) is 2.12. The molecule has 1 aromatic heterocycles. The molecule has 1 fully saturated rings. The summed E-state index contributed by atoms with van der Waals surface area (Å²) in [5, 5.41) is 18.1. The number of nitrogens with one attached hydrogen (secondary N) is 2. The van der Waals surface area contributed by atoms with E-state index in [2.05, 4.69) is 16.7 Å². The first-order valence-corrected chi connectivity index (χ1v) is 9.67. The van der Waals surface area contributed by atoms with Crippen molar-refractivity contribution < 1.29 is 14.5 Å². The Balaban J connectivity index is 1.65. The van der Waals surface area contributed by atoms with Crippen molar-refractivity contribution in [3.8, 4) is 0 Å². The number of non-ortho nitro benzene ring substituents is 1. The van der Waals surface area contributed by atoms with Gasteiger partial charge in [0, 0.05) is 29.0 Å². The van der Waals surface area contributed by atoms with Crippen LogP contribution in [0, 0.1) is 17.0 Å². The van der Waals surface area contributed by atoms with Crippen LogP contribution in [0.5, 0.6) is 0 Å². The minimum Gasteiger partial charge on any atom is -0.347 e. The van der Waals surface area contributed by atoms with Gasteiger partial charge in [-0.05, 0) is 36.8 Å². The van der Waals surface area contributed by atoms with Crippen LogP contribution in [-0.4, -0.2) is 23.3 Å². The fourth-order valence-corrected chi connectivity index (χ4v) is 4.50. The zero-order valence-corrected chi connectivity index (χ0v) is 15.8. The van der Waals surface area contributed by atoms with Crippen molar-refractivity contribution in [2.75, 3.05) is 11.9 Å². The highest BCUT2D eigenvalue weighted by Crippen LogP contribution is 2.42. The third kappa shape index (κ3) is 4.16. The predicted molar refractivity (Wildman–Crippen MR) is 104 cm³/mol. The minimum atomic E-state index is -0.821. The number of hydrogen-bond acceptors (Lipinski definition) is 5. The summed E-state index contributed by atoms with van der Waals surface area (Å²) in [6, 6.07) is 8.23. The molecule has 0 radical (unpaired) electrons. The average molecular weight is 387 g/mol. The van der Waals surface area contributed by atoms with Gasteiger partial charge in [0.05, 0.1) is 10.6 Å². The van der Waals surface area contributed by atoms with Gasteiger partial charge < -0.3 is 10.6 Å². The first-order valence-electron chi connectivity index (χ1n) is 8.79. The molecule has 1 heterocycles. The second-order valence-corrected chi connectivity index (χ2v) is 7.81. The lowest BCUT2D eigenvalue weighted by Crippen LogP contribution is -2.43. The number of carbonyl (C=O) groups is 2. The van der Waals surface area contributed by atoms with Crippen LogP contribution in [0.2, 0.25) is 0 Å². The van der Waals surface area contributed by atoms with Crippen molar-refractivity contribution in [1.82, 2.24) is 5.32 Å². The second kappa shape index (κ2) is 7.87. The Morgan fingerprint density at radius 2 is 1.96 bits per heavy atom. The number of amides is 2. The Morgan fingerprint density at radius 3 is 2.59 bits per heavy atom. The number of nitrogens with zero attached hydrogens (tertiary/aromatic N) is 1. The van der Waals surface area contributed by atoms with Crippen LogP contribution in [0.1, 0.15) is 36.1 Å². The molecule has 0 atom stereocenters. The summed E-state index contributed by atoms with van der Waals surface area (Å²) in [6.07, 6.45) is 4.18. The van der Waals surface area contributed by atoms with Crippen LogP contribution in [0.25, 0.3) is 0 Å². The smallest absolute Gasteiger partial charge is 0.313 e. The molecule has 0 aliphatic heterocycles. The van der Waals surface area contributed by atoms with E-state index in [1.807, 2.05) is 11.4 Å². The van der Waals surface area contributed by atoms with E-state index in [1.54, 1.807) is 18.3 Å². The second-order valence-electron chi connectivity index (χ2n) is 6.86. The molecular weight excluding hydrogens is 366 g/mol. The highest BCUT2D eigenvalue weighted by Gasteiger charge is 2.37. The van der Waals surface area contributed by atoms with Crippen molar-refractivity contribution in [3.05, 3.63) is 56.3 Å². The van der Waals surface area contributed by atoms with Gasteiger partial charge in [0.1, 0.15) is 0 Å². The fraction of sp³-hybridized carbons (Fsp3) is 0.368. The lowest BCUT2D eigenvalue weighted by molar-refractivity contribution is -0.384. The Bertz CT molecular complexity index is 858. The molecule has 0 spiro atoms. The molecule has 2 amide bonds. The number of rotatable bonds is 5. The van der Waals surface area contributed by atoms with Gasteiger partial charge >= 0.3 is 11.8 Å². The number of nitro benzene ring substituents is 1. The van der Waals surface area contributed by atoms with Gasteiger partial charge in [-0.25, -0.2) is 0 Å². The van der Waals surface area contributed by atoms with Crippen LogP contribution in [0.3, 0.4) is 0 Å². The molecule has 3 rings (SSSR count). The molecule has 0 bridgehead atoms. The van der Waals surface area contributed by atoms with Crippen molar-refractivity contribution in [2.24, 2.45) is 0 Å². The van der Waals surface area contributed by atoms with Gasteiger partial charge in [-0.15, -0.1) is 11.3 Å². The third-order valence-corrected chi connectivity index (χ3v) is 6.19. The van der Waals surface area contributed by atoms with Crippen LogP contribution in [0.4, 0.5) is 11.4 Å². The highest BCUT2D eigenvalue weighted by atomic mass is 32.1. The van der Waals surface area contributed by atoms with E-state index >= 15 is 0 Å². The van der Waals surface area contributed by atoms with Gasteiger partial charge in [-0.1, -0.05) is 25.0 Å². The molecular formula is C19H21N3O4S. The zero-order valence-electron chi connectivity index (χ0n) is 15.0. The van der Waals surface area contributed by atoms with E-state index in [0.717, 1.165) is 25.7 Å². The molecule has 7 nitrogen and oxygen atoms in total. The van der Waals surface area contributed by atoms with Crippen LogP contribution >= 0.6 is 11.3 Å². The lowest BCUT2D eigenvalue weighted by atomic mass is 9.84. The van der Waals surface area contributed by atoms with Crippen molar-refractivity contribution >= 4 is 34.5 Å². The van der Waals surface area contributed by atoms with E-state index in [1.165, 1.54) is 23.1 Å². The van der Waals surface area contributed by atoms with E-state index in [4.69, 9.17) is 0 Å². The van der Waals surface area contributed by atoms with Gasteiger partial charge in [-0.3, -0.25) is 19.7 Å². The summed E-state index contributed by atoms with van der Waals surface area (Å²) >= 11 is 1.67. The molecule has 1 aromatic carbocycles. The summed E-state index contributed by atoms with van der Waals surface area (Å²) in [4.78, 5) is 36.1. The normalized spacial score (nSPS) is 15.3. The number of benzene rings is 1. The molecule has 1 aliphatic rings. The zero-order chi connectivity index (χ0) is 19.4. The van der Waals surface area contributed by atoms with Crippen LogP contribution in [0.15, 0.2) is 35.7 Å². The number of thiophene rings is 1. The predicted octanol–water partition coefficient (Wildman–Crippen LogP) is 3.53. The Kier molecular flexibility index (Phi) is 5.55. The third-order valence-electron chi connectivity index (χ3n) is 5.08. The Hall–Kier alpha value is -2.74. The van der Waals surface area contributed by atoms with Crippen molar-refractivity contribution in [1.29, 1.82) is 0 Å². The van der Waals surface area contributed by atoms with Gasteiger partial charge in [0.2, 0.25) is 0 Å². The molecule has 0 saturated heterocycles. The maximum atomic E-state index is 12.3. The topological polar surface area (TPSA) is 101 Å². The van der Waals surface area contributed by atoms with Gasteiger partial charge in [0.25, 0.3) is 5.69 Å². The summed E-state index contributed by atoms with van der Waals surface area (Å²) < 4.78 is 0. The molecule has 142 valence electrons.